The first kappa shape index (κ1) is 20.7. The highest BCUT2D eigenvalue weighted by Gasteiger charge is 2.12. The number of hydrogen-bond acceptors (Lipinski definition) is 6. The third kappa shape index (κ3) is 5.71. The number of carbonyl (C=O) groups excluding carboxylic acids is 1. The number of hydrogen-bond donors (Lipinski definition) is 1. The van der Waals surface area contributed by atoms with E-state index in [1.807, 2.05) is 57.2 Å². The van der Waals surface area contributed by atoms with Crippen LogP contribution in [0.4, 0.5) is 5.69 Å². The maximum absolute atomic E-state index is 12.3. The van der Waals surface area contributed by atoms with E-state index in [0.29, 0.717) is 11.1 Å². The maximum atomic E-state index is 12.3. The first-order valence-corrected chi connectivity index (χ1v) is 10.7. The highest BCUT2D eigenvalue weighted by Crippen LogP contribution is 2.24. The van der Waals surface area contributed by atoms with Gasteiger partial charge in [-0.05, 0) is 84.3 Å². The molecule has 1 heterocycles. The number of thioether (sulfide) groups is 1. The lowest BCUT2D eigenvalue weighted by Crippen LogP contribution is -2.16. The summed E-state index contributed by atoms with van der Waals surface area (Å²) in [5, 5.41) is 11.2. The van der Waals surface area contributed by atoms with Crippen LogP contribution in [-0.2, 0) is 11.4 Å². The topological polar surface area (TPSA) is 77.2 Å². The summed E-state index contributed by atoms with van der Waals surface area (Å²) in [6.07, 6.45) is 0. The number of anilines is 1. The number of halogens is 1. The van der Waals surface area contributed by atoms with Gasteiger partial charge in [0.1, 0.15) is 5.75 Å². The lowest BCUT2D eigenvalue weighted by molar-refractivity contribution is -0.113. The minimum absolute atomic E-state index is 0.117. The van der Waals surface area contributed by atoms with Crippen molar-refractivity contribution in [1.29, 1.82) is 0 Å². The highest BCUT2D eigenvalue weighted by molar-refractivity contribution is 14.1. The van der Waals surface area contributed by atoms with Gasteiger partial charge in [0, 0.05) is 9.26 Å². The lowest BCUT2D eigenvalue weighted by atomic mass is 10.1. The Kier molecular flexibility index (Phi) is 6.95. The molecule has 146 valence electrons. The summed E-state index contributed by atoms with van der Waals surface area (Å²) in [6.45, 7) is 6.15. The van der Waals surface area contributed by atoms with Crippen molar-refractivity contribution in [2.45, 2.75) is 32.6 Å². The standard InChI is InChI=1S/C20H20IN3O3S/c1-12-5-4-6-16(7-12)26-10-18-23-24-20(27-18)28-11-17(25)22-19-13(2)8-15(21)9-14(19)3/h4-9H,10-11H2,1-3H3,(H,22,25). The molecule has 0 spiro atoms. The molecule has 0 saturated heterocycles. The normalized spacial score (nSPS) is 10.7. The predicted molar refractivity (Wildman–Crippen MR) is 118 cm³/mol. The van der Waals surface area contributed by atoms with Crippen molar-refractivity contribution in [3.05, 3.63) is 62.5 Å². The Bertz CT molecular complexity index is 967. The second-order valence-corrected chi connectivity index (χ2v) is 8.49. The molecule has 1 aromatic heterocycles. The summed E-state index contributed by atoms with van der Waals surface area (Å²) in [7, 11) is 0. The average Bonchev–Trinajstić information content (AvgIpc) is 3.09. The van der Waals surface area contributed by atoms with Crippen molar-refractivity contribution in [2.75, 3.05) is 11.1 Å². The molecule has 0 fully saturated rings. The Morgan fingerprint density at radius 1 is 1.18 bits per heavy atom. The Morgan fingerprint density at radius 2 is 1.93 bits per heavy atom. The minimum atomic E-state index is -0.117. The van der Waals surface area contributed by atoms with Crippen LogP contribution in [0.3, 0.4) is 0 Å². The Morgan fingerprint density at radius 3 is 2.64 bits per heavy atom. The predicted octanol–water partition coefficient (Wildman–Crippen LogP) is 4.91. The van der Waals surface area contributed by atoms with E-state index in [1.165, 1.54) is 11.8 Å². The number of nitrogens with zero attached hydrogens (tertiary/aromatic N) is 2. The van der Waals surface area contributed by atoms with Gasteiger partial charge in [0.25, 0.3) is 11.1 Å². The van der Waals surface area contributed by atoms with E-state index < -0.39 is 0 Å². The van der Waals surface area contributed by atoms with Crippen LogP contribution in [0.25, 0.3) is 0 Å². The van der Waals surface area contributed by atoms with Crippen LogP contribution in [0, 0.1) is 24.3 Å². The van der Waals surface area contributed by atoms with E-state index in [1.54, 1.807) is 0 Å². The summed E-state index contributed by atoms with van der Waals surface area (Å²) in [6, 6.07) is 11.8. The molecule has 0 bridgehead atoms. The zero-order valence-corrected chi connectivity index (χ0v) is 18.8. The Balaban J connectivity index is 1.51. The lowest BCUT2D eigenvalue weighted by Gasteiger charge is -2.11. The van der Waals surface area contributed by atoms with Crippen LogP contribution in [0.5, 0.6) is 5.75 Å². The van der Waals surface area contributed by atoms with E-state index in [4.69, 9.17) is 9.15 Å². The third-order valence-corrected chi connectivity index (χ3v) is 5.33. The maximum Gasteiger partial charge on any atom is 0.277 e. The average molecular weight is 509 g/mol. The largest absolute Gasteiger partial charge is 0.484 e. The quantitative estimate of drug-likeness (QED) is 0.361. The molecule has 0 aliphatic heterocycles. The first-order chi connectivity index (χ1) is 13.4. The number of carbonyl (C=O) groups is 1. The molecule has 3 aromatic rings. The smallest absolute Gasteiger partial charge is 0.277 e. The van der Waals surface area contributed by atoms with Crippen molar-refractivity contribution in [2.24, 2.45) is 0 Å². The molecule has 0 radical (unpaired) electrons. The Labute approximate surface area is 181 Å². The molecule has 6 nitrogen and oxygen atoms in total. The third-order valence-electron chi connectivity index (χ3n) is 3.89. The van der Waals surface area contributed by atoms with Crippen LogP contribution < -0.4 is 10.1 Å². The van der Waals surface area contributed by atoms with Crippen LogP contribution in [0.2, 0.25) is 0 Å². The second-order valence-electron chi connectivity index (χ2n) is 6.32. The summed E-state index contributed by atoms with van der Waals surface area (Å²) in [4.78, 5) is 12.3. The molecule has 1 amide bonds. The summed E-state index contributed by atoms with van der Waals surface area (Å²) < 4.78 is 12.3. The summed E-state index contributed by atoms with van der Waals surface area (Å²) in [5.74, 6) is 1.18. The van der Waals surface area contributed by atoms with Gasteiger partial charge in [-0.2, -0.15) is 0 Å². The van der Waals surface area contributed by atoms with Gasteiger partial charge >= 0.3 is 0 Å². The molecule has 28 heavy (non-hydrogen) atoms. The highest BCUT2D eigenvalue weighted by atomic mass is 127. The van der Waals surface area contributed by atoms with Crippen LogP contribution >= 0.6 is 34.4 Å². The number of aryl methyl sites for hydroxylation is 3. The number of ether oxygens (including phenoxy) is 1. The fraction of sp³-hybridized carbons (Fsp3) is 0.250. The number of rotatable bonds is 7. The number of amides is 1. The molecule has 0 atom stereocenters. The van der Waals surface area contributed by atoms with Crippen LogP contribution in [-0.4, -0.2) is 21.9 Å². The SMILES string of the molecule is Cc1cccc(OCc2nnc(SCC(=O)Nc3c(C)cc(I)cc3C)o2)c1. The van der Waals surface area contributed by atoms with Gasteiger partial charge in [-0.25, -0.2) is 0 Å². The molecule has 3 rings (SSSR count). The minimum Gasteiger partial charge on any atom is -0.484 e. The van der Waals surface area contributed by atoms with Crippen LogP contribution in [0.15, 0.2) is 46.0 Å². The molecular formula is C20H20IN3O3S. The molecule has 0 unspecified atom stereocenters. The van der Waals surface area contributed by atoms with Gasteiger partial charge in [-0.1, -0.05) is 23.9 Å². The van der Waals surface area contributed by atoms with Gasteiger partial charge in [0.05, 0.1) is 5.75 Å². The van der Waals surface area contributed by atoms with Crippen molar-refractivity contribution in [3.8, 4) is 5.75 Å². The first-order valence-electron chi connectivity index (χ1n) is 8.62. The molecule has 0 aliphatic rings. The van der Waals surface area contributed by atoms with Crippen LogP contribution in [0.1, 0.15) is 22.6 Å². The molecule has 2 aromatic carbocycles. The van der Waals surface area contributed by atoms with E-state index in [2.05, 4.69) is 38.1 Å². The Hall–Kier alpha value is -2.07. The van der Waals surface area contributed by atoms with Gasteiger partial charge in [0.2, 0.25) is 5.91 Å². The summed E-state index contributed by atoms with van der Waals surface area (Å²) in [5.41, 5.74) is 4.04. The van der Waals surface area contributed by atoms with Crippen molar-refractivity contribution >= 4 is 45.9 Å². The van der Waals surface area contributed by atoms with Crippen molar-refractivity contribution in [3.63, 3.8) is 0 Å². The zero-order chi connectivity index (χ0) is 20.1. The van der Waals surface area contributed by atoms with E-state index in [-0.39, 0.29) is 18.3 Å². The number of benzene rings is 2. The van der Waals surface area contributed by atoms with Crippen molar-refractivity contribution in [1.82, 2.24) is 10.2 Å². The molecule has 1 N–H and O–H groups in total. The molecular weight excluding hydrogens is 489 g/mol. The van der Waals surface area contributed by atoms with Gasteiger partial charge < -0.3 is 14.5 Å². The van der Waals surface area contributed by atoms with E-state index in [9.17, 15) is 4.79 Å². The number of aromatic nitrogens is 2. The second kappa shape index (κ2) is 9.42. The monoisotopic (exact) mass is 509 g/mol. The van der Waals surface area contributed by atoms with Gasteiger partial charge in [-0.3, -0.25) is 4.79 Å². The number of nitrogens with one attached hydrogen (secondary N) is 1. The zero-order valence-electron chi connectivity index (χ0n) is 15.8. The molecule has 8 heteroatoms. The fourth-order valence-electron chi connectivity index (χ4n) is 2.62. The van der Waals surface area contributed by atoms with Gasteiger partial charge in [0.15, 0.2) is 6.61 Å². The van der Waals surface area contributed by atoms with Gasteiger partial charge in [-0.15, -0.1) is 10.2 Å². The summed E-state index contributed by atoms with van der Waals surface area (Å²) >= 11 is 3.46. The molecule has 0 aliphatic carbocycles. The van der Waals surface area contributed by atoms with E-state index >= 15 is 0 Å². The molecule has 0 saturated carbocycles. The van der Waals surface area contributed by atoms with Crippen molar-refractivity contribution < 1.29 is 13.9 Å². The fourth-order valence-corrected chi connectivity index (χ4v) is 4.13. The van der Waals surface area contributed by atoms with E-state index in [0.717, 1.165) is 31.7 Å².